The SMILES string of the molecule is CCC(N)CNS(=O)(=O)c1ccc2c(c1)CC(=O)N2. The van der Waals surface area contributed by atoms with Gasteiger partial charge in [-0.05, 0) is 30.2 Å². The molecule has 0 saturated heterocycles. The normalized spacial score (nSPS) is 16.0. The summed E-state index contributed by atoms with van der Waals surface area (Å²) in [5.41, 5.74) is 7.06. The first-order valence-electron chi connectivity index (χ1n) is 6.10. The Morgan fingerprint density at radius 1 is 1.47 bits per heavy atom. The van der Waals surface area contributed by atoms with E-state index in [0.29, 0.717) is 17.7 Å². The molecule has 4 N–H and O–H groups in total. The molecule has 7 heteroatoms. The second-order valence-electron chi connectivity index (χ2n) is 4.56. The highest BCUT2D eigenvalue weighted by Crippen LogP contribution is 2.25. The number of nitrogens with two attached hydrogens (primary N) is 1. The summed E-state index contributed by atoms with van der Waals surface area (Å²) in [4.78, 5) is 11.4. The topological polar surface area (TPSA) is 101 Å². The highest BCUT2D eigenvalue weighted by Gasteiger charge is 2.21. The highest BCUT2D eigenvalue weighted by atomic mass is 32.2. The molecule has 0 spiro atoms. The fourth-order valence-electron chi connectivity index (χ4n) is 1.82. The Balaban J connectivity index is 2.18. The Hall–Kier alpha value is -1.44. The molecular formula is C12H17N3O3S. The van der Waals surface area contributed by atoms with Crippen molar-refractivity contribution in [2.75, 3.05) is 11.9 Å². The number of carbonyl (C=O) groups is 1. The molecule has 2 rings (SSSR count). The largest absolute Gasteiger partial charge is 0.327 e. The van der Waals surface area contributed by atoms with Crippen LogP contribution in [0.15, 0.2) is 23.1 Å². The van der Waals surface area contributed by atoms with Crippen molar-refractivity contribution in [3.8, 4) is 0 Å². The van der Waals surface area contributed by atoms with Crippen LogP contribution in [0.5, 0.6) is 0 Å². The standard InChI is InChI=1S/C12H17N3O3S/c1-2-9(13)7-14-19(17,18)10-3-4-11-8(5-10)6-12(16)15-11/h3-5,9,14H,2,6-7,13H2,1H3,(H,15,16). The maximum absolute atomic E-state index is 12.1. The van der Waals surface area contributed by atoms with Crippen molar-refractivity contribution < 1.29 is 13.2 Å². The van der Waals surface area contributed by atoms with E-state index in [1.165, 1.54) is 12.1 Å². The van der Waals surface area contributed by atoms with Crippen LogP contribution in [0.4, 0.5) is 5.69 Å². The number of amides is 1. The van der Waals surface area contributed by atoms with Crippen molar-refractivity contribution in [3.05, 3.63) is 23.8 Å². The Morgan fingerprint density at radius 2 is 2.21 bits per heavy atom. The van der Waals surface area contributed by atoms with Gasteiger partial charge in [0.25, 0.3) is 0 Å². The maximum Gasteiger partial charge on any atom is 0.240 e. The summed E-state index contributed by atoms with van der Waals surface area (Å²) in [6, 6.07) is 4.40. The van der Waals surface area contributed by atoms with E-state index in [0.717, 1.165) is 0 Å². The Morgan fingerprint density at radius 3 is 2.89 bits per heavy atom. The molecule has 0 radical (unpaired) electrons. The van der Waals surface area contributed by atoms with Crippen molar-refractivity contribution in [1.29, 1.82) is 0 Å². The first-order valence-corrected chi connectivity index (χ1v) is 7.58. The van der Waals surface area contributed by atoms with Gasteiger partial charge in [0.15, 0.2) is 0 Å². The molecule has 1 aromatic rings. The number of nitrogens with one attached hydrogen (secondary N) is 2. The minimum atomic E-state index is -3.57. The van der Waals surface area contributed by atoms with Crippen LogP contribution in [0.25, 0.3) is 0 Å². The van der Waals surface area contributed by atoms with Gasteiger partial charge in [-0.25, -0.2) is 13.1 Å². The number of hydrogen-bond acceptors (Lipinski definition) is 4. The lowest BCUT2D eigenvalue weighted by Gasteiger charge is -2.11. The molecule has 0 aromatic heterocycles. The van der Waals surface area contributed by atoms with Crippen molar-refractivity contribution in [1.82, 2.24) is 4.72 Å². The van der Waals surface area contributed by atoms with Crippen LogP contribution in [0, 0.1) is 0 Å². The molecule has 1 aliphatic heterocycles. The smallest absolute Gasteiger partial charge is 0.240 e. The minimum Gasteiger partial charge on any atom is -0.327 e. The first kappa shape index (κ1) is 14.0. The average molecular weight is 283 g/mol. The molecule has 0 fully saturated rings. The van der Waals surface area contributed by atoms with E-state index in [1.807, 2.05) is 6.92 Å². The highest BCUT2D eigenvalue weighted by molar-refractivity contribution is 7.89. The van der Waals surface area contributed by atoms with E-state index in [-0.39, 0.29) is 29.8 Å². The quantitative estimate of drug-likeness (QED) is 0.718. The molecule has 19 heavy (non-hydrogen) atoms. The average Bonchev–Trinajstić information content (AvgIpc) is 2.74. The lowest BCUT2D eigenvalue weighted by molar-refractivity contribution is -0.115. The molecule has 0 bridgehead atoms. The van der Waals surface area contributed by atoms with E-state index >= 15 is 0 Å². The van der Waals surface area contributed by atoms with Crippen LogP contribution < -0.4 is 15.8 Å². The molecule has 1 unspecified atom stereocenters. The predicted molar refractivity (Wildman–Crippen MR) is 72.2 cm³/mol. The van der Waals surface area contributed by atoms with Gasteiger partial charge in [0.2, 0.25) is 15.9 Å². The van der Waals surface area contributed by atoms with Crippen molar-refractivity contribution in [2.45, 2.75) is 30.7 Å². The van der Waals surface area contributed by atoms with E-state index < -0.39 is 10.0 Å². The number of hydrogen-bond donors (Lipinski definition) is 3. The summed E-state index contributed by atoms with van der Waals surface area (Å²) in [5, 5.41) is 2.66. The third-order valence-corrected chi connectivity index (χ3v) is 4.49. The zero-order chi connectivity index (χ0) is 14.0. The summed E-state index contributed by atoms with van der Waals surface area (Å²) in [5.74, 6) is -0.120. The van der Waals surface area contributed by atoms with Crippen LogP contribution in [0.3, 0.4) is 0 Å². The second-order valence-corrected chi connectivity index (χ2v) is 6.33. The third-order valence-electron chi connectivity index (χ3n) is 3.07. The number of fused-ring (bicyclic) bond motifs is 1. The summed E-state index contributed by atoms with van der Waals surface area (Å²) < 4.78 is 26.6. The van der Waals surface area contributed by atoms with Crippen LogP contribution in [-0.4, -0.2) is 26.9 Å². The summed E-state index contributed by atoms with van der Waals surface area (Å²) in [7, 11) is -3.57. The fraction of sp³-hybridized carbons (Fsp3) is 0.417. The van der Waals surface area contributed by atoms with Gasteiger partial charge in [0.05, 0.1) is 11.3 Å². The van der Waals surface area contributed by atoms with Crippen molar-refractivity contribution in [3.63, 3.8) is 0 Å². The Bertz CT molecular complexity index is 598. The van der Waals surface area contributed by atoms with Gasteiger partial charge >= 0.3 is 0 Å². The van der Waals surface area contributed by atoms with E-state index in [9.17, 15) is 13.2 Å². The molecular weight excluding hydrogens is 266 g/mol. The Labute approximate surface area is 112 Å². The zero-order valence-corrected chi connectivity index (χ0v) is 11.5. The maximum atomic E-state index is 12.1. The molecule has 0 aliphatic carbocycles. The minimum absolute atomic E-state index is 0.120. The van der Waals surface area contributed by atoms with Crippen molar-refractivity contribution in [2.24, 2.45) is 5.73 Å². The molecule has 104 valence electrons. The van der Waals surface area contributed by atoms with Crippen molar-refractivity contribution >= 4 is 21.6 Å². The van der Waals surface area contributed by atoms with Crippen LogP contribution in [0.1, 0.15) is 18.9 Å². The van der Waals surface area contributed by atoms with Gasteiger partial charge in [-0.2, -0.15) is 0 Å². The molecule has 1 heterocycles. The third kappa shape index (κ3) is 3.12. The lowest BCUT2D eigenvalue weighted by Crippen LogP contribution is -2.36. The molecule has 1 atom stereocenters. The fourth-order valence-corrected chi connectivity index (χ4v) is 2.96. The molecule has 1 amide bonds. The summed E-state index contributed by atoms with van der Waals surface area (Å²) >= 11 is 0. The van der Waals surface area contributed by atoms with Gasteiger partial charge < -0.3 is 11.1 Å². The van der Waals surface area contributed by atoms with Gasteiger partial charge in [-0.15, -0.1) is 0 Å². The first-order chi connectivity index (χ1) is 8.92. The van der Waals surface area contributed by atoms with Crippen LogP contribution >= 0.6 is 0 Å². The number of carbonyl (C=O) groups excluding carboxylic acids is 1. The van der Waals surface area contributed by atoms with E-state index in [4.69, 9.17) is 5.73 Å². The number of anilines is 1. The van der Waals surface area contributed by atoms with E-state index in [2.05, 4.69) is 10.0 Å². The molecule has 1 aliphatic rings. The van der Waals surface area contributed by atoms with Gasteiger partial charge in [0.1, 0.15) is 0 Å². The number of benzene rings is 1. The lowest BCUT2D eigenvalue weighted by atomic mass is 10.2. The van der Waals surface area contributed by atoms with Gasteiger partial charge in [-0.1, -0.05) is 6.92 Å². The van der Waals surface area contributed by atoms with Crippen LogP contribution in [0.2, 0.25) is 0 Å². The predicted octanol–water partition coefficient (Wildman–Crippen LogP) is 0.197. The second kappa shape index (κ2) is 5.28. The Kier molecular flexibility index (Phi) is 3.88. The summed E-state index contributed by atoms with van der Waals surface area (Å²) in [6.07, 6.45) is 0.915. The number of sulfonamides is 1. The number of rotatable bonds is 5. The monoisotopic (exact) mass is 283 g/mol. The van der Waals surface area contributed by atoms with Crippen LogP contribution in [-0.2, 0) is 21.2 Å². The molecule has 0 saturated carbocycles. The molecule has 1 aromatic carbocycles. The van der Waals surface area contributed by atoms with E-state index in [1.54, 1.807) is 6.07 Å². The van der Waals surface area contributed by atoms with Gasteiger partial charge in [-0.3, -0.25) is 4.79 Å². The molecule has 6 nitrogen and oxygen atoms in total. The zero-order valence-electron chi connectivity index (χ0n) is 10.6. The summed E-state index contributed by atoms with van der Waals surface area (Å²) in [6.45, 7) is 2.10. The van der Waals surface area contributed by atoms with Gasteiger partial charge in [0, 0.05) is 18.3 Å².